The van der Waals surface area contributed by atoms with Crippen LogP contribution in [0.2, 0.25) is 0 Å². The molecule has 0 spiro atoms. The highest BCUT2D eigenvalue weighted by Gasteiger charge is 2.20. The Morgan fingerprint density at radius 2 is 1.10 bits per heavy atom. The molecule has 0 N–H and O–H groups in total. The van der Waals surface area contributed by atoms with E-state index < -0.39 is 0 Å². The molecule has 52 heavy (non-hydrogen) atoms. The molecule has 0 saturated heterocycles. The van der Waals surface area contributed by atoms with Crippen LogP contribution in [0.1, 0.15) is 17.5 Å². The molecule has 1 heterocycles. The van der Waals surface area contributed by atoms with Gasteiger partial charge >= 0.3 is 0 Å². The van der Waals surface area contributed by atoms with E-state index in [0.29, 0.717) is 0 Å². The summed E-state index contributed by atoms with van der Waals surface area (Å²) in [5.41, 5.74) is 15.0. The first-order valence-corrected chi connectivity index (χ1v) is 18.1. The van der Waals surface area contributed by atoms with Crippen molar-refractivity contribution in [3.05, 3.63) is 193 Å². The van der Waals surface area contributed by atoms with E-state index in [1.165, 1.54) is 66.1 Å². The monoisotopic (exact) mass is 665 g/mol. The molecule has 2 heteroatoms. The second-order valence-electron chi connectivity index (χ2n) is 13.6. The zero-order valence-electron chi connectivity index (χ0n) is 28.7. The first-order valence-electron chi connectivity index (χ1n) is 18.1. The number of hydrogen-bond donors (Lipinski definition) is 0. The molecule has 0 unspecified atom stereocenters. The number of furan rings is 1. The maximum atomic E-state index is 6.33. The van der Waals surface area contributed by atoms with Crippen molar-refractivity contribution in [3.63, 3.8) is 0 Å². The van der Waals surface area contributed by atoms with Crippen molar-refractivity contribution in [2.75, 3.05) is 4.90 Å². The lowest BCUT2D eigenvalue weighted by Gasteiger charge is -2.28. The first-order chi connectivity index (χ1) is 25.8. The van der Waals surface area contributed by atoms with Crippen LogP contribution in [0.3, 0.4) is 0 Å². The van der Waals surface area contributed by atoms with Gasteiger partial charge in [0, 0.05) is 27.7 Å². The van der Waals surface area contributed by atoms with Gasteiger partial charge in [0.05, 0.1) is 5.69 Å². The number of aryl methyl sites for hydroxylation is 1. The number of hydrogen-bond acceptors (Lipinski definition) is 2. The number of allylic oxidation sites excluding steroid dienone is 1. The van der Waals surface area contributed by atoms with Gasteiger partial charge in [-0.1, -0.05) is 140 Å². The topological polar surface area (TPSA) is 16.4 Å². The number of anilines is 3. The standard InChI is InChI=1S/C50H35NO/c1-2-11-34(12-3-1)35-21-27-40(28-22-35)51(47-20-9-8-18-45(47)44-19-10-15-37-13-4-6-16-42(37)44)41-29-23-36(24-30-41)39-26-31-48-46(33-39)50-43-17-7-5-14-38(43)25-32-49(50)52-48/h1-4,6-13,15-33H,5,14H2. The van der Waals surface area contributed by atoms with Crippen molar-refractivity contribution in [3.8, 4) is 33.4 Å². The van der Waals surface area contributed by atoms with Crippen LogP contribution in [0.15, 0.2) is 186 Å². The number of para-hydroxylation sites is 1. The van der Waals surface area contributed by atoms with Gasteiger partial charge in [-0.2, -0.15) is 0 Å². The Hall–Kier alpha value is -6.64. The fourth-order valence-corrected chi connectivity index (χ4v) is 7.99. The summed E-state index contributed by atoms with van der Waals surface area (Å²) in [6.07, 6.45) is 6.72. The van der Waals surface area contributed by atoms with Crippen molar-refractivity contribution >= 4 is 55.8 Å². The lowest BCUT2D eigenvalue weighted by Crippen LogP contribution is -2.11. The summed E-state index contributed by atoms with van der Waals surface area (Å²) in [7, 11) is 0. The van der Waals surface area contributed by atoms with Gasteiger partial charge in [0.1, 0.15) is 11.2 Å². The lowest BCUT2D eigenvalue weighted by atomic mass is 9.92. The van der Waals surface area contributed by atoms with Crippen molar-refractivity contribution in [2.45, 2.75) is 12.8 Å². The molecule has 2 nitrogen and oxygen atoms in total. The second kappa shape index (κ2) is 12.6. The summed E-state index contributed by atoms with van der Waals surface area (Å²) in [6.45, 7) is 0. The van der Waals surface area contributed by atoms with Gasteiger partial charge in [0.15, 0.2) is 0 Å². The van der Waals surface area contributed by atoms with Crippen LogP contribution in [0.25, 0.3) is 72.2 Å². The Labute approximate surface area is 303 Å². The normalized spacial score (nSPS) is 12.4. The van der Waals surface area contributed by atoms with Crippen molar-refractivity contribution < 1.29 is 4.42 Å². The Balaban J connectivity index is 1.10. The van der Waals surface area contributed by atoms with Crippen molar-refractivity contribution in [1.82, 2.24) is 0 Å². The zero-order valence-corrected chi connectivity index (χ0v) is 28.7. The lowest BCUT2D eigenvalue weighted by molar-refractivity contribution is 0.668. The molecule has 9 aromatic rings. The largest absolute Gasteiger partial charge is 0.456 e. The molecule has 1 aliphatic carbocycles. The fraction of sp³-hybridized carbons (Fsp3) is 0.0400. The Morgan fingerprint density at radius 1 is 0.462 bits per heavy atom. The Morgan fingerprint density at radius 3 is 1.92 bits per heavy atom. The van der Waals surface area contributed by atoms with E-state index >= 15 is 0 Å². The smallest absolute Gasteiger partial charge is 0.136 e. The average molecular weight is 666 g/mol. The molecule has 0 aliphatic heterocycles. The second-order valence-corrected chi connectivity index (χ2v) is 13.6. The SMILES string of the molecule is C1=Cc2c(ccc3oc4ccc(-c5ccc(N(c6ccc(-c7ccccc7)cc6)c6ccccc6-c6cccc7ccccc67)cc5)cc4c23)CC1. The highest BCUT2D eigenvalue weighted by Crippen LogP contribution is 2.44. The molecule has 0 fully saturated rings. The molecule has 1 aliphatic rings. The van der Waals surface area contributed by atoms with E-state index in [1.54, 1.807) is 0 Å². The van der Waals surface area contributed by atoms with E-state index in [1.807, 2.05) is 0 Å². The van der Waals surface area contributed by atoms with E-state index in [-0.39, 0.29) is 0 Å². The van der Waals surface area contributed by atoms with Crippen LogP contribution in [0, 0.1) is 0 Å². The summed E-state index contributed by atoms with van der Waals surface area (Å²) in [4.78, 5) is 2.39. The van der Waals surface area contributed by atoms with E-state index in [4.69, 9.17) is 4.42 Å². The minimum absolute atomic E-state index is 0.929. The number of nitrogens with zero attached hydrogens (tertiary/aromatic N) is 1. The van der Waals surface area contributed by atoms with Crippen LogP contribution in [-0.2, 0) is 6.42 Å². The van der Waals surface area contributed by atoms with Crippen LogP contribution in [0.5, 0.6) is 0 Å². The molecular weight excluding hydrogens is 631 g/mol. The van der Waals surface area contributed by atoms with Crippen LogP contribution >= 0.6 is 0 Å². The molecule has 0 radical (unpaired) electrons. The quantitative estimate of drug-likeness (QED) is 0.176. The molecule has 0 amide bonds. The molecule has 0 bridgehead atoms. The minimum Gasteiger partial charge on any atom is -0.456 e. The predicted octanol–water partition coefficient (Wildman–Crippen LogP) is 14.2. The van der Waals surface area contributed by atoms with Crippen molar-refractivity contribution in [2.24, 2.45) is 0 Å². The molecule has 0 saturated carbocycles. The number of fused-ring (bicyclic) bond motifs is 6. The molecule has 8 aromatic carbocycles. The average Bonchev–Trinajstić information content (AvgIpc) is 3.60. The van der Waals surface area contributed by atoms with Gasteiger partial charge in [-0.05, 0) is 111 Å². The summed E-state index contributed by atoms with van der Waals surface area (Å²) in [5, 5.41) is 4.86. The predicted molar refractivity (Wildman–Crippen MR) is 220 cm³/mol. The van der Waals surface area contributed by atoms with E-state index in [2.05, 4.69) is 193 Å². The van der Waals surface area contributed by atoms with Crippen LogP contribution in [-0.4, -0.2) is 0 Å². The van der Waals surface area contributed by atoms with Gasteiger partial charge in [-0.25, -0.2) is 0 Å². The Kier molecular flexibility index (Phi) is 7.32. The Bertz CT molecular complexity index is 2770. The highest BCUT2D eigenvalue weighted by molar-refractivity contribution is 6.11. The maximum absolute atomic E-state index is 6.33. The number of benzene rings is 8. The molecule has 10 rings (SSSR count). The summed E-state index contributed by atoms with van der Waals surface area (Å²) >= 11 is 0. The summed E-state index contributed by atoms with van der Waals surface area (Å²) in [6, 6.07) is 63.5. The number of rotatable bonds is 6. The first kappa shape index (κ1) is 30.2. The van der Waals surface area contributed by atoms with Gasteiger partial charge in [0.2, 0.25) is 0 Å². The summed E-state index contributed by atoms with van der Waals surface area (Å²) < 4.78 is 6.33. The summed E-state index contributed by atoms with van der Waals surface area (Å²) in [5.74, 6) is 0. The van der Waals surface area contributed by atoms with Gasteiger partial charge in [-0.3, -0.25) is 0 Å². The molecule has 1 aromatic heterocycles. The molecule has 0 atom stereocenters. The third-order valence-electron chi connectivity index (χ3n) is 10.5. The maximum Gasteiger partial charge on any atom is 0.136 e. The van der Waals surface area contributed by atoms with Crippen LogP contribution < -0.4 is 4.90 Å². The van der Waals surface area contributed by atoms with Crippen LogP contribution in [0.4, 0.5) is 17.1 Å². The van der Waals surface area contributed by atoms with Gasteiger partial charge < -0.3 is 9.32 Å². The van der Waals surface area contributed by atoms with E-state index in [0.717, 1.165) is 41.1 Å². The van der Waals surface area contributed by atoms with E-state index in [9.17, 15) is 0 Å². The third-order valence-corrected chi connectivity index (χ3v) is 10.5. The fourth-order valence-electron chi connectivity index (χ4n) is 7.99. The van der Waals surface area contributed by atoms with Crippen molar-refractivity contribution in [1.29, 1.82) is 0 Å². The molecular formula is C50H35NO. The third kappa shape index (κ3) is 5.20. The molecule has 246 valence electrons. The van der Waals surface area contributed by atoms with Gasteiger partial charge in [0.25, 0.3) is 0 Å². The highest BCUT2D eigenvalue weighted by atomic mass is 16.3. The minimum atomic E-state index is 0.929. The zero-order chi connectivity index (χ0) is 34.4. The van der Waals surface area contributed by atoms with Gasteiger partial charge in [-0.15, -0.1) is 0 Å².